The number of nitrogens with zero attached hydrogens (tertiary/aromatic N) is 2. The van der Waals surface area contributed by atoms with Crippen LogP contribution in [0.25, 0.3) is 5.69 Å². The van der Waals surface area contributed by atoms with Gasteiger partial charge < -0.3 is 10.6 Å². The first kappa shape index (κ1) is 17.5. The Kier molecular flexibility index (Phi) is 6.62. The van der Waals surface area contributed by atoms with Crippen LogP contribution in [0, 0.1) is 5.92 Å². The molecule has 0 saturated carbocycles. The van der Waals surface area contributed by atoms with Crippen LogP contribution in [0.2, 0.25) is 0 Å². The normalized spacial score (nSPS) is 17.3. The first-order valence-corrected chi connectivity index (χ1v) is 7.90. The molecule has 1 atom stereocenters. The van der Waals surface area contributed by atoms with Crippen molar-refractivity contribution in [2.24, 2.45) is 5.92 Å². The minimum atomic E-state index is 0. The molecule has 5 nitrogen and oxygen atoms in total. The number of carbonyl (C=O) groups is 1. The number of halogens is 1. The summed E-state index contributed by atoms with van der Waals surface area (Å²) >= 11 is 0. The van der Waals surface area contributed by atoms with Crippen LogP contribution in [0.5, 0.6) is 0 Å². The summed E-state index contributed by atoms with van der Waals surface area (Å²) in [5, 5.41) is 10.7. The molecule has 0 bridgehead atoms. The van der Waals surface area contributed by atoms with Crippen molar-refractivity contribution in [2.45, 2.75) is 19.3 Å². The van der Waals surface area contributed by atoms with Crippen LogP contribution in [0.15, 0.2) is 42.7 Å². The molecule has 1 unspecified atom stereocenters. The Morgan fingerprint density at radius 3 is 2.91 bits per heavy atom. The van der Waals surface area contributed by atoms with Gasteiger partial charge in [0.1, 0.15) is 0 Å². The molecule has 2 aromatic rings. The Hall–Kier alpha value is -1.85. The van der Waals surface area contributed by atoms with E-state index in [0.29, 0.717) is 6.54 Å². The maximum atomic E-state index is 12.0. The fourth-order valence-corrected chi connectivity index (χ4v) is 2.76. The maximum absolute atomic E-state index is 12.0. The molecule has 6 heteroatoms. The minimum Gasteiger partial charge on any atom is -0.355 e. The fraction of sp³-hybridized carbons (Fsp3) is 0.412. The van der Waals surface area contributed by atoms with Gasteiger partial charge in [0.25, 0.3) is 0 Å². The predicted molar refractivity (Wildman–Crippen MR) is 93.1 cm³/mol. The number of piperidine rings is 1. The summed E-state index contributed by atoms with van der Waals surface area (Å²) in [6, 6.07) is 10.0. The third-order valence-electron chi connectivity index (χ3n) is 4.04. The Labute approximate surface area is 142 Å². The molecule has 0 spiro atoms. The molecule has 1 aliphatic rings. The Morgan fingerprint density at radius 1 is 1.35 bits per heavy atom. The lowest BCUT2D eigenvalue weighted by molar-refractivity contribution is -0.125. The van der Waals surface area contributed by atoms with E-state index in [4.69, 9.17) is 0 Å². The maximum Gasteiger partial charge on any atom is 0.224 e. The van der Waals surface area contributed by atoms with Gasteiger partial charge in [-0.1, -0.05) is 18.2 Å². The molecule has 1 aromatic heterocycles. The largest absolute Gasteiger partial charge is 0.355 e. The highest BCUT2D eigenvalue weighted by Gasteiger charge is 2.20. The predicted octanol–water partition coefficient (Wildman–Crippen LogP) is 1.95. The second kappa shape index (κ2) is 8.70. The molecule has 3 rings (SSSR count). The molecule has 1 amide bonds. The van der Waals surface area contributed by atoms with Gasteiger partial charge in [-0.2, -0.15) is 5.10 Å². The van der Waals surface area contributed by atoms with E-state index in [2.05, 4.69) is 15.7 Å². The summed E-state index contributed by atoms with van der Waals surface area (Å²) < 4.78 is 1.86. The number of aromatic nitrogens is 2. The zero-order valence-corrected chi connectivity index (χ0v) is 13.9. The summed E-state index contributed by atoms with van der Waals surface area (Å²) in [4.78, 5) is 12.0. The van der Waals surface area contributed by atoms with Gasteiger partial charge in [-0.15, -0.1) is 12.4 Å². The van der Waals surface area contributed by atoms with E-state index in [1.807, 2.05) is 47.4 Å². The van der Waals surface area contributed by atoms with E-state index in [1.165, 1.54) is 0 Å². The summed E-state index contributed by atoms with van der Waals surface area (Å²) in [6.07, 6.45) is 6.76. The molecule has 124 valence electrons. The van der Waals surface area contributed by atoms with E-state index in [0.717, 1.165) is 43.6 Å². The Bertz CT molecular complexity index is 608. The van der Waals surface area contributed by atoms with Crippen LogP contribution in [0.4, 0.5) is 0 Å². The lowest BCUT2D eigenvalue weighted by Gasteiger charge is -2.21. The number of hydrogen-bond acceptors (Lipinski definition) is 3. The summed E-state index contributed by atoms with van der Waals surface area (Å²) in [5.41, 5.74) is 2.18. The van der Waals surface area contributed by atoms with Crippen LogP contribution in [-0.4, -0.2) is 35.3 Å². The van der Waals surface area contributed by atoms with Crippen molar-refractivity contribution in [3.63, 3.8) is 0 Å². The number of amides is 1. The number of carbonyl (C=O) groups excluding carboxylic acids is 1. The second-order valence-corrected chi connectivity index (χ2v) is 5.71. The zero-order chi connectivity index (χ0) is 15.2. The monoisotopic (exact) mass is 334 g/mol. The molecule has 23 heavy (non-hydrogen) atoms. The number of rotatable bonds is 5. The molecule has 0 aliphatic carbocycles. The number of nitrogens with one attached hydrogen (secondary N) is 2. The van der Waals surface area contributed by atoms with Crippen molar-refractivity contribution < 1.29 is 4.79 Å². The van der Waals surface area contributed by atoms with Crippen molar-refractivity contribution in [3.05, 3.63) is 48.3 Å². The first-order chi connectivity index (χ1) is 10.8. The van der Waals surface area contributed by atoms with Gasteiger partial charge in [0.2, 0.25) is 5.91 Å². The molecule has 1 saturated heterocycles. The molecule has 2 N–H and O–H groups in total. The van der Waals surface area contributed by atoms with Crippen LogP contribution in [-0.2, 0) is 11.2 Å². The highest BCUT2D eigenvalue weighted by molar-refractivity contribution is 5.85. The quantitative estimate of drug-likeness (QED) is 0.878. The Morgan fingerprint density at radius 2 is 2.17 bits per heavy atom. The number of para-hydroxylation sites is 1. The molecule has 1 aromatic carbocycles. The number of hydrogen-bond donors (Lipinski definition) is 2. The third-order valence-corrected chi connectivity index (χ3v) is 4.04. The molecule has 1 aliphatic heterocycles. The smallest absolute Gasteiger partial charge is 0.224 e. The van der Waals surface area contributed by atoms with E-state index >= 15 is 0 Å². The van der Waals surface area contributed by atoms with Crippen LogP contribution < -0.4 is 10.6 Å². The average Bonchev–Trinajstić information content (AvgIpc) is 3.05. The van der Waals surface area contributed by atoms with Crippen molar-refractivity contribution in [1.82, 2.24) is 20.4 Å². The molecule has 1 fully saturated rings. The van der Waals surface area contributed by atoms with Gasteiger partial charge in [-0.25, -0.2) is 4.68 Å². The van der Waals surface area contributed by atoms with Gasteiger partial charge in [0.05, 0.1) is 17.8 Å². The standard InChI is InChI=1S/C17H22N4O.ClH/c22-17(15-5-4-9-18-12-15)19-10-8-14-11-20-21(13-14)16-6-2-1-3-7-16;/h1-3,6-7,11,13,15,18H,4-5,8-10,12H2,(H,19,22);1H. The van der Waals surface area contributed by atoms with E-state index in [9.17, 15) is 4.79 Å². The van der Waals surface area contributed by atoms with Crippen molar-refractivity contribution in [3.8, 4) is 5.69 Å². The van der Waals surface area contributed by atoms with Gasteiger partial charge in [-0.05, 0) is 43.5 Å². The third kappa shape index (κ3) is 4.81. The van der Waals surface area contributed by atoms with E-state index in [1.54, 1.807) is 0 Å². The van der Waals surface area contributed by atoms with Crippen molar-refractivity contribution in [1.29, 1.82) is 0 Å². The van der Waals surface area contributed by atoms with Crippen LogP contribution in [0.3, 0.4) is 0 Å². The molecule has 0 radical (unpaired) electrons. The summed E-state index contributed by atoms with van der Waals surface area (Å²) in [6.45, 7) is 2.50. The van der Waals surface area contributed by atoms with Gasteiger partial charge in [-0.3, -0.25) is 4.79 Å². The van der Waals surface area contributed by atoms with Crippen LogP contribution >= 0.6 is 12.4 Å². The van der Waals surface area contributed by atoms with Gasteiger partial charge >= 0.3 is 0 Å². The van der Waals surface area contributed by atoms with E-state index < -0.39 is 0 Å². The van der Waals surface area contributed by atoms with Crippen molar-refractivity contribution >= 4 is 18.3 Å². The van der Waals surface area contributed by atoms with Gasteiger partial charge in [0, 0.05) is 19.3 Å². The summed E-state index contributed by atoms with van der Waals surface area (Å²) in [7, 11) is 0. The first-order valence-electron chi connectivity index (χ1n) is 7.90. The zero-order valence-electron chi connectivity index (χ0n) is 13.1. The molecular weight excluding hydrogens is 312 g/mol. The lowest BCUT2D eigenvalue weighted by atomic mass is 9.99. The van der Waals surface area contributed by atoms with Gasteiger partial charge in [0.15, 0.2) is 0 Å². The molecular formula is C17H23ClN4O. The van der Waals surface area contributed by atoms with Crippen LogP contribution in [0.1, 0.15) is 18.4 Å². The van der Waals surface area contributed by atoms with E-state index in [-0.39, 0.29) is 24.2 Å². The SMILES string of the molecule is Cl.O=C(NCCc1cnn(-c2ccccc2)c1)C1CCCNC1. The minimum absolute atomic E-state index is 0. The lowest BCUT2D eigenvalue weighted by Crippen LogP contribution is -2.41. The second-order valence-electron chi connectivity index (χ2n) is 5.71. The Balaban J connectivity index is 0.00000192. The number of benzene rings is 1. The highest BCUT2D eigenvalue weighted by Crippen LogP contribution is 2.10. The highest BCUT2D eigenvalue weighted by atomic mass is 35.5. The topological polar surface area (TPSA) is 59.0 Å². The fourth-order valence-electron chi connectivity index (χ4n) is 2.76. The average molecular weight is 335 g/mol. The summed E-state index contributed by atoms with van der Waals surface area (Å²) in [5.74, 6) is 0.295. The van der Waals surface area contributed by atoms with Crippen molar-refractivity contribution in [2.75, 3.05) is 19.6 Å². The molecule has 2 heterocycles.